The van der Waals surface area contributed by atoms with Gasteiger partial charge in [-0.15, -0.1) is 0 Å². The van der Waals surface area contributed by atoms with Crippen molar-refractivity contribution in [2.24, 2.45) is 0 Å². The first-order valence-electron chi connectivity index (χ1n) is 6.46. The highest BCUT2D eigenvalue weighted by Gasteiger charge is 2.17. The average Bonchev–Trinajstić information content (AvgIpc) is 2.38. The number of aromatic nitrogens is 2. The summed E-state index contributed by atoms with van der Waals surface area (Å²) < 4.78 is 15.1. The van der Waals surface area contributed by atoms with Crippen molar-refractivity contribution >= 4 is 11.8 Å². The number of carbonyl (C=O) groups excluding carboxylic acids is 1. The highest BCUT2D eigenvalue weighted by Crippen LogP contribution is 2.14. The van der Waals surface area contributed by atoms with Gasteiger partial charge in [-0.05, 0) is 13.8 Å². The normalized spacial score (nSPS) is 10.6. The zero-order valence-corrected chi connectivity index (χ0v) is 12.1. The second-order valence-corrected chi connectivity index (χ2v) is 4.06. The molecule has 0 radical (unpaired) electrons. The predicted molar refractivity (Wildman–Crippen MR) is 73.5 cm³/mol. The minimum atomic E-state index is -0.495. The van der Waals surface area contributed by atoms with Crippen LogP contribution in [0.2, 0.25) is 0 Å². The number of nitrogens with zero attached hydrogens (tertiary/aromatic N) is 2. The van der Waals surface area contributed by atoms with Crippen molar-refractivity contribution in [1.82, 2.24) is 9.97 Å². The van der Waals surface area contributed by atoms with E-state index in [1.165, 1.54) is 0 Å². The van der Waals surface area contributed by atoms with Crippen molar-refractivity contribution in [1.29, 1.82) is 0 Å². The van der Waals surface area contributed by atoms with Crippen molar-refractivity contribution in [3.63, 3.8) is 0 Å². The third-order valence-electron chi connectivity index (χ3n) is 2.55. The molecule has 0 fully saturated rings. The lowest BCUT2D eigenvalue weighted by Gasteiger charge is -2.09. The Balaban J connectivity index is 2.66. The molecule has 20 heavy (non-hydrogen) atoms. The third-order valence-corrected chi connectivity index (χ3v) is 2.55. The molecular weight excluding hydrogens is 262 g/mol. The Hall–Kier alpha value is -1.73. The van der Waals surface area contributed by atoms with Gasteiger partial charge in [-0.3, -0.25) is 0 Å². The highest BCUT2D eigenvalue weighted by molar-refractivity contribution is 5.95. The van der Waals surface area contributed by atoms with Crippen LogP contribution in [0.3, 0.4) is 0 Å². The Morgan fingerprint density at radius 2 is 2.00 bits per heavy atom. The van der Waals surface area contributed by atoms with Crippen molar-refractivity contribution in [2.45, 2.75) is 20.3 Å². The van der Waals surface area contributed by atoms with E-state index in [9.17, 15) is 4.79 Å². The Labute approximate surface area is 118 Å². The van der Waals surface area contributed by atoms with Gasteiger partial charge in [0.1, 0.15) is 17.2 Å². The summed E-state index contributed by atoms with van der Waals surface area (Å²) in [5.74, 6) is 0.193. The van der Waals surface area contributed by atoms with Crippen molar-refractivity contribution in [2.75, 3.05) is 39.3 Å². The molecule has 1 heterocycles. The van der Waals surface area contributed by atoms with E-state index < -0.39 is 5.97 Å². The van der Waals surface area contributed by atoms with Crippen LogP contribution < -0.4 is 5.73 Å². The van der Waals surface area contributed by atoms with E-state index in [0.29, 0.717) is 37.8 Å². The summed E-state index contributed by atoms with van der Waals surface area (Å²) in [5.41, 5.74) is 6.54. The quantitative estimate of drug-likeness (QED) is 0.555. The molecule has 1 aromatic rings. The fourth-order valence-corrected chi connectivity index (χ4v) is 1.63. The fraction of sp³-hybridized carbons (Fsp3) is 0.615. The molecule has 0 aliphatic carbocycles. The summed E-state index contributed by atoms with van der Waals surface area (Å²) in [6, 6.07) is 0. The molecule has 0 saturated carbocycles. The van der Waals surface area contributed by atoms with E-state index in [4.69, 9.17) is 19.9 Å². The number of nitrogen functional groups attached to an aromatic ring is 1. The number of ether oxygens (including phenoxy) is 3. The molecule has 112 valence electrons. The van der Waals surface area contributed by atoms with Crippen LogP contribution in [0.4, 0.5) is 5.82 Å². The lowest BCUT2D eigenvalue weighted by molar-refractivity contribution is 0.0525. The predicted octanol–water partition coefficient (Wildman–Crippen LogP) is 0.749. The molecule has 0 aliphatic heterocycles. The summed E-state index contributed by atoms with van der Waals surface area (Å²) in [5, 5.41) is 0. The number of hydrogen-bond donors (Lipinski definition) is 1. The van der Waals surface area contributed by atoms with E-state index in [0.717, 1.165) is 0 Å². The molecule has 0 amide bonds. The fourth-order valence-electron chi connectivity index (χ4n) is 1.63. The van der Waals surface area contributed by atoms with E-state index in [1.54, 1.807) is 21.0 Å². The van der Waals surface area contributed by atoms with Gasteiger partial charge in [0.2, 0.25) is 0 Å². The lowest BCUT2D eigenvalue weighted by Crippen LogP contribution is -2.15. The standard InChI is InChI=1S/C13H21N3O4/c1-4-20-13(17)11-9(2)15-10(16-12(11)14)5-6-19-8-7-18-3/h4-8H2,1-3H3,(H2,14,15,16). The van der Waals surface area contributed by atoms with Crippen LogP contribution in [0.25, 0.3) is 0 Å². The molecule has 7 heteroatoms. The van der Waals surface area contributed by atoms with E-state index >= 15 is 0 Å². The lowest BCUT2D eigenvalue weighted by atomic mass is 10.2. The maximum absolute atomic E-state index is 11.7. The molecule has 7 nitrogen and oxygen atoms in total. The third kappa shape index (κ3) is 4.75. The van der Waals surface area contributed by atoms with Gasteiger partial charge in [-0.25, -0.2) is 14.8 Å². The molecule has 0 aliphatic rings. The van der Waals surface area contributed by atoms with Crippen LogP contribution in [0.15, 0.2) is 0 Å². The summed E-state index contributed by atoms with van der Waals surface area (Å²) in [7, 11) is 1.62. The van der Waals surface area contributed by atoms with E-state index in [1.807, 2.05) is 0 Å². The number of nitrogens with two attached hydrogens (primary N) is 1. The first kappa shape index (κ1) is 16.3. The van der Waals surface area contributed by atoms with E-state index in [2.05, 4.69) is 9.97 Å². The SMILES string of the molecule is CCOC(=O)c1c(C)nc(CCOCCOC)nc1N. The monoisotopic (exact) mass is 283 g/mol. The molecule has 0 saturated heterocycles. The van der Waals surface area contributed by atoms with Gasteiger partial charge in [-0.1, -0.05) is 0 Å². The van der Waals surface area contributed by atoms with E-state index in [-0.39, 0.29) is 18.0 Å². The maximum Gasteiger partial charge on any atom is 0.343 e. The number of methoxy groups -OCH3 is 1. The first-order valence-corrected chi connectivity index (χ1v) is 6.46. The van der Waals surface area contributed by atoms with Gasteiger partial charge in [0.15, 0.2) is 0 Å². The zero-order valence-electron chi connectivity index (χ0n) is 12.1. The van der Waals surface area contributed by atoms with Crippen LogP contribution in [0, 0.1) is 6.92 Å². The molecule has 0 bridgehead atoms. The molecular formula is C13H21N3O4. The molecule has 0 aromatic carbocycles. The largest absolute Gasteiger partial charge is 0.462 e. The van der Waals surface area contributed by atoms with Crippen molar-refractivity contribution in [3.8, 4) is 0 Å². The number of anilines is 1. The summed E-state index contributed by atoms with van der Waals surface area (Å²) in [4.78, 5) is 20.1. The Kier molecular flexibility index (Phi) is 6.89. The molecule has 0 spiro atoms. The van der Waals surface area contributed by atoms with Crippen LogP contribution >= 0.6 is 0 Å². The Morgan fingerprint density at radius 1 is 1.25 bits per heavy atom. The topological polar surface area (TPSA) is 96.6 Å². The molecule has 1 rings (SSSR count). The van der Waals surface area contributed by atoms with Crippen LogP contribution in [0.1, 0.15) is 28.8 Å². The Morgan fingerprint density at radius 3 is 2.60 bits per heavy atom. The van der Waals surface area contributed by atoms with Gasteiger partial charge in [0, 0.05) is 13.5 Å². The van der Waals surface area contributed by atoms with Gasteiger partial charge in [0.05, 0.1) is 32.1 Å². The maximum atomic E-state index is 11.7. The first-order chi connectivity index (χ1) is 9.60. The van der Waals surface area contributed by atoms with Gasteiger partial charge in [-0.2, -0.15) is 0 Å². The summed E-state index contributed by atoms with van der Waals surface area (Å²) in [6.07, 6.45) is 0.526. The molecule has 1 aromatic heterocycles. The minimum absolute atomic E-state index is 0.142. The zero-order chi connectivity index (χ0) is 15.0. The second-order valence-electron chi connectivity index (χ2n) is 4.06. The van der Waals surface area contributed by atoms with Crippen molar-refractivity contribution in [3.05, 3.63) is 17.1 Å². The summed E-state index contributed by atoms with van der Waals surface area (Å²) in [6.45, 7) is 5.26. The number of hydrogen-bond acceptors (Lipinski definition) is 7. The van der Waals surface area contributed by atoms with Gasteiger partial charge >= 0.3 is 5.97 Å². The van der Waals surface area contributed by atoms with Crippen LogP contribution in [0.5, 0.6) is 0 Å². The highest BCUT2D eigenvalue weighted by atomic mass is 16.5. The van der Waals surface area contributed by atoms with Crippen molar-refractivity contribution < 1.29 is 19.0 Å². The number of rotatable bonds is 8. The summed E-state index contributed by atoms with van der Waals surface area (Å²) >= 11 is 0. The smallest absolute Gasteiger partial charge is 0.343 e. The minimum Gasteiger partial charge on any atom is -0.462 e. The van der Waals surface area contributed by atoms with Gasteiger partial charge in [0.25, 0.3) is 0 Å². The number of carbonyl (C=O) groups is 1. The van der Waals surface area contributed by atoms with Crippen LogP contribution in [-0.4, -0.2) is 49.5 Å². The number of aryl methyl sites for hydroxylation is 1. The number of esters is 1. The molecule has 0 atom stereocenters. The Bertz CT molecular complexity index is 428. The van der Waals surface area contributed by atoms with Crippen LogP contribution in [-0.2, 0) is 20.6 Å². The van der Waals surface area contributed by atoms with Gasteiger partial charge < -0.3 is 19.9 Å². The average molecular weight is 283 g/mol. The molecule has 2 N–H and O–H groups in total. The molecule has 0 unspecified atom stereocenters. The second kappa shape index (κ2) is 8.44.